The van der Waals surface area contributed by atoms with E-state index in [1.165, 1.54) is 0 Å². The van der Waals surface area contributed by atoms with Gasteiger partial charge in [-0.15, -0.1) is 0 Å². The van der Waals surface area contributed by atoms with Gasteiger partial charge in [-0.2, -0.15) is 0 Å². The first-order valence-electron chi connectivity index (χ1n) is 6.40. The molecule has 0 bridgehead atoms. The minimum absolute atomic E-state index is 0.215. The Balaban J connectivity index is 1.98. The van der Waals surface area contributed by atoms with Crippen LogP contribution in [0.1, 0.15) is 11.1 Å². The zero-order valence-corrected chi connectivity index (χ0v) is 11.1. The lowest BCUT2D eigenvalue weighted by Gasteiger charge is -2.21. The largest absolute Gasteiger partial charge is 0.497 e. The molecule has 0 aromatic heterocycles. The van der Waals surface area contributed by atoms with Gasteiger partial charge in [-0.3, -0.25) is 4.79 Å². The van der Waals surface area contributed by atoms with Crippen LogP contribution >= 0.6 is 0 Å². The van der Waals surface area contributed by atoms with Crippen molar-refractivity contribution in [1.29, 1.82) is 0 Å². The number of rotatable bonds is 3. The first-order chi connectivity index (χ1) is 9.63. The van der Waals surface area contributed by atoms with Crippen molar-refractivity contribution >= 4 is 11.6 Å². The number of nitrogens with one attached hydrogen (secondary N) is 1. The number of benzene rings is 2. The summed E-state index contributed by atoms with van der Waals surface area (Å²) in [7, 11) is 1.59. The molecule has 1 atom stereocenters. The average Bonchev–Trinajstić information content (AvgIpc) is 2.71. The van der Waals surface area contributed by atoms with Crippen molar-refractivity contribution in [1.82, 2.24) is 0 Å². The molecule has 0 spiro atoms. The first kappa shape index (κ1) is 12.7. The summed E-state index contributed by atoms with van der Waals surface area (Å²) in [6.45, 7) is 0. The Hall–Kier alpha value is -2.33. The van der Waals surface area contributed by atoms with Crippen molar-refractivity contribution in [3.05, 3.63) is 59.7 Å². The third-order valence-electron chi connectivity index (χ3n) is 3.59. The van der Waals surface area contributed by atoms with Gasteiger partial charge in [-0.05, 0) is 23.8 Å². The molecule has 1 aliphatic rings. The van der Waals surface area contributed by atoms with Crippen LogP contribution < -0.4 is 10.1 Å². The molecule has 1 heterocycles. The smallest absolute Gasteiger partial charge is 0.261 e. The molecule has 20 heavy (non-hydrogen) atoms. The highest BCUT2D eigenvalue weighted by molar-refractivity contribution is 6.05. The van der Waals surface area contributed by atoms with Crippen LogP contribution in [-0.2, 0) is 16.8 Å². The van der Waals surface area contributed by atoms with E-state index in [-0.39, 0.29) is 12.3 Å². The fourth-order valence-corrected chi connectivity index (χ4v) is 2.55. The lowest BCUT2D eigenvalue weighted by Crippen LogP contribution is -2.36. The molecule has 4 nitrogen and oxygen atoms in total. The van der Waals surface area contributed by atoms with Gasteiger partial charge in [0.2, 0.25) is 0 Å². The highest BCUT2D eigenvalue weighted by Crippen LogP contribution is 2.38. The van der Waals surface area contributed by atoms with Crippen LogP contribution in [0.2, 0.25) is 0 Å². The lowest BCUT2D eigenvalue weighted by atomic mass is 9.88. The van der Waals surface area contributed by atoms with Gasteiger partial charge >= 0.3 is 0 Å². The molecule has 2 aromatic rings. The van der Waals surface area contributed by atoms with Crippen molar-refractivity contribution < 1.29 is 14.6 Å². The van der Waals surface area contributed by atoms with Gasteiger partial charge in [0.05, 0.1) is 7.11 Å². The highest BCUT2D eigenvalue weighted by atomic mass is 16.5. The van der Waals surface area contributed by atoms with E-state index in [1.807, 2.05) is 36.4 Å². The molecule has 0 aliphatic carbocycles. The van der Waals surface area contributed by atoms with Crippen LogP contribution in [0.5, 0.6) is 5.75 Å². The maximum Gasteiger partial charge on any atom is 0.261 e. The van der Waals surface area contributed by atoms with Crippen molar-refractivity contribution in [3.8, 4) is 5.75 Å². The van der Waals surface area contributed by atoms with Crippen molar-refractivity contribution in [2.24, 2.45) is 0 Å². The second kappa shape index (κ2) is 4.65. The van der Waals surface area contributed by atoms with Crippen LogP contribution in [-0.4, -0.2) is 18.1 Å². The third-order valence-corrected chi connectivity index (χ3v) is 3.59. The molecule has 2 N–H and O–H groups in total. The summed E-state index contributed by atoms with van der Waals surface area (Å²) >= 11 is 0. The van der Waals surface area contributed by atoms with Gasteiger partial charge in [-0.1, -0.05) is 30.3 Å². The zero-order valence-electron chi connectivity index (χ0n) is 11.1. The van der Waals surface area contributed by atoms with Crippen LogP contribution in [0.25, 0.3) is 0 Å². The number of amides is 1. The molecule has 1 unspecified atom stereocenters. The Bertz CT molecular complexity index is 668. The number of para-hydroxylation sites is 1. The van der Waals surface area contributed by atoms with E-state index < -0.39 is 5.60 Å². The van der Waals surface area contributed by atoms with E-state index in [0.717, 1.165) is 5.56 Å². The van der Waals surface area contributed by atoms with Gasteiger partial charge in [0.1, 0.15) is 5.75 Å². The molecular formula is C16H15NO3. The second-order valence-corrected chi connectivity index (χ2v) is 4.89. The predicted octanol–water partition coefficient (Wildman–Crippen LogP) is 2.08. The molecular weight excluding hydrogens is 254 g/mol. The molecule has 1 aliphatic heterocycles. The number of carbonyl (C=O) groups excluding carboxylic acids is 1. The fourth-order valence-electron chi connectivity index (χ4n) is 2.55. The quantitative estimate of drug-likeness (QED) is 0.897. The number of hydrogen-bond acceptors (Lipinski definition) is 3. The van der Waals surface area contributed by atoms with E-state index >= 15 is 0 Å². The average molecular weight is 269 g/mol. The molecule has 2 aromatic carbocycles. The number of hydrogen-bond donors (Lipinski definition) is 2. The molecule has 1 amide bonds. The van der Waals surface area contributed by atoms with Crippen LogP contribution in [0, 0.1) is 0 Å². The summed E-state index contributed by atoms with van der Waals surface area (Å²) in [6, 6.07) is 14.6. The number of fused-ring (bicyclic) bond motifs is 1. The van der Waals surface area contributed by atoms with Gasteiger partial charge < -0.3 is 15.2 Å². The second-order valence-electron chi connectivity index (χ2n) is 4.89. The van der Waals surface area contributed by atoms with Gasteiger partial charge in [-0.25, -0.2) is 0 Å². The Morgan fingerprint density at radius 1 is 1.20 bits per heavy atom. The molecule has 0 saturated heterocycles. The van der Waals surface area contributed by atoms with Gasteiger partial charge in [0.25, 0.3) is 5.91 Å². The minimum Gasteiger partial charge on any atom is -0.497 e. The molecule has 0 radical (unpaired) electrons. The SMILES string of the molecule is COc1cccc(CC2(O)C(=O)Nc3ccccc32)c1. The van der Waals surface area contributed by atoms with E-state index in [1.54, 1.807) is 19.2 Å². The summed E-state index contributed by atoms with van der Waals surface area (Å²) < 4.78 is 5.17. The number of methoxy groups -OCH3 is 1. The lowest BCUT2D eigenvalue weighted by molar-refractivity contribution is -0.133. The third kappa shape index (κ3) is 1.94. The number of aliphatic hydroxyl groups is 1. The van der Waals surface area contributed by atoms with Crippen molar-refractivity contribution in [2.45, 2.75) is 12.0 Å². The predicted molar refractivity (Wildman–Crippen MR) is 75.7 cm³/mol. The Kier molecular flexibility index (Phi) is 2.95. The molecule has 0 fully saturated rings. The Morgan fingerprint density at radius 2 is 2.00 bits per heavy atom. The minimum atomic E-state index is -1.52. The number of anilines is 1. The maximum absolute atomic E-state index is 12.1. The van der Waals surface area contributed by atoms with Crippen molar-refractivity contribution in [3.63, 3.8) is 0 Å². The summed E-state index contributed by atoms with van der Waals surface area (Å²) in [5.41, 5.74) is 0.609. The Morgan fingerprint density at radius 3 is 2.80 bits per heavy atom. The standard InChI is InChI=1S/C16H15NO3/c1-20-12-6-4-5-11(9-12)10-16(19)13-7-2-3-8-14(13)17-15(16)18/h2-9,19H,10H2,1H3,(H,17,18). The maximum atomic E-state index is 12.1. The van der Waals surface area contributed by atoms with Crippen molar-refractivity contribution in [2.75, 3.05) is 12.4 Å². The van der Waals surface area contributed by atoms with Crippen LogP contribution in [0.4, 0.5) is 5.69 Å². The summed E-state index contributed by atoms with van der Waals surface area (Å²) in [5, 5.41) is 13.5. The number of carbonyl (C=O) groups is 1. The topological polar surface area (TPSA) is 58.6 Å². The van der Waals surface area contributed by atoms with E-state index in [9.17, 15) is 9.90 Å². The monoisotopic (exact) mass is 269 g/mol. The zero-order chi connectivity index (χ0) is 14.2. The molecule has 4 heteroatoms. The van der Waals surface area contributed by atoms with Gasteiger partial charge in [0.15, 0.2) is 5.60 Å². The molecule has 0 saturated carbocycles. The van der Waals surface area contributed by atoms with Gasteiger partial charge in [0, 0.05) is 17.7 Å². The van der Waals surface area contributed by atoms with E-state index in [0.29, 0.717) is 17.0 Å². The highest BCUT2D eigenvalue weighted by Gasteiger charge is 2.44. The Labute approximate surface area is 117 Å². The number of ether oxygens (including phenoxy) is 1. The normalized spacial score (nSPS) is 20.4. The molecule has 3 rings (SSSR count). The molecule has 102 valence electrons. The summed E-state index contributed by atoms with van der Waals surface area (Å²) in [6.07, 6.45) is 0.215. The van der Waals surface area contributed by atoms with Crippen LogP contribution in [0.3, 0.4) is 0 Å². The van der Waals surface area contributed by atoms with E-state index in [2.05, 4.69) is 5.32 Å². The summed E-state index contributed by atoms with van der Waals surface area (Å²) in [4.78, 5) is 12.1. The first-order valence-corrected chi connectivity index (χ1v) is 6.40. The summed E-state index contributed by atoms with van der Waals surface area (Å²) in [5.74, 6) is 0.319. The van der Waals surface area contributed by atoms with E-state index in [4.69, 9.17) is 4.74 Å². The fraction of sp³-hybridized carbons (Fsp3) is 0.188. The van der Waals surface area contributed by atoms with Crippen LogP contribution in [0.15, 0.2) is 48.5 Å².